The Kier molecular flexibility index (Phi) is 4.64. The molecule has 19 heavy (non-hydrogen) atoms. The average Bonchev–Trinajstić information content (AvgIpc) is 2.43. The van der Waals surface area contributed by atoms with E-state index < -0.39 is 0 Å². The van der Waals surface area contributed by atoms with Crippen LogP contribution in [-0.2, 0) is 6.42 Å². The number of benzene rings is 2. The predicted molar refractivity (Wildman–Crippen MR) is 83.4 cm³/mol. The molecule has 0 saturated heterocycles. The Morgan fingerprint density at radius 1 is 1.16 bits per heavy atom. The van der Waals surface area contributed by atoms with Gasteiger partial charge in [-0.3, -0.25) is 0 Å². The summed E-state index contributed by atoms with van der Waals surface area (Å²) in [5, 5.41) is 4.12. The first-order chi connectivity index (χ1) is 9.16. The van der Waals surface area contributed by atoms with Gasteiger partial charge in [-0.1, -0.05) is 60.6 Å². The standard InChI is InChI=1S/C17H18ClN/c1-13-8-9-16(12-17(13)18)14(2)19-11-10-15-6-4-3-5-7-15/h3-9,12,19H,2,10-11H2,1H3. The summed E-state index contributed by atoms with van der Waals surface area (Å²) in [4.78, 5) is 0. The summed E-state index contributed by atoms with van der Waals surface area (Å²) >= 11 is 6.12. The number of hydrogen-bond donors (Lipinski definition) is 1. The van der Waals surface area contributed by atoms with Crippen molar-refractivity contribution >= 4 is 17.3 Å². The Morgan fingerprint density at radius 2 is 1.89 bits per heavy atom. The lowest BCUT2D eigenvalue weighted by Gasteiger charge is -2.11. The van der Waals surface area contributed by atoms with E-state index in [0.29, 0.717) is 0 Å². The number of halogens is 1. The van der Waals surface area contributed by atoms with E-state index in [-0.39, 0.29) is 0 Å². The van der Waals surface area contributed by atoms with E-state index in [4.69, 9.17) is 11.6 Å². The Hall–Kier alpha value is -1.73. The van der Waals surface area contributed by atoms with E-state index in [1.165, 1.54) is 5.56 Å². The van der Waals surface area contributed by atoms with Gasteiger partial charge in [0.2, 0.25) is 0 Å². The minimum Gasteiger partial charge on any atom is -0.385 e. The van der Waals surface area contributed by atoms with Crippen LogP contribution in [0, 0.1) is 6.92 Å². The zero-order valence-corrected chi connectivity index (χ0v) is 11.9. The largest absolute Gasteiger partial charge is 0.385 e. The minimum absolute atomic E-state index is 0.781. The molecule has 0 fully saturated rings. The maximum atomic E-state index is 6.12. The van der Waals surface area contributed by atoms with Gasteiger partial charge < -0.3 is 5.32 Å². The number of aryl methyl sites for hydroxylation is 1. The van der Waals surface area contributed by atoms with Gasteiger partial charge in [0.1, 0.15) is 0 Å². The third-order valence-corrected chi connectivity index (χ3v) is 3.52. The fourth-order valence-corrected chi connectivity index (χ4v) is 2.07. The first kappa shape index (κ1) is 13.7. The predicted octanol–water partition coefficient (Wildman–Crippen LogP) is 4.45. The molecule has 0 aliphatic rings. The molecule has 0 aliphatic carbocycles. The molecule has 0 aromatic heterocycles. The molecule has 0 bridgehead atoms. The molecule has 0 spiro atoms. The van der Waals surface area contributed by atoms with Crippen LogP contribution in [0.2, 0.25) is 5.02 Å². The van der Waals surface area contributed by atoms with Crippen LogP contribution in [0.25, 0.3) is 5.70 Å². The third-order valence-electron chi connectivity index (χ3n) is 3.12. The highest BCUT2D eigenvalue weighted by Crippen LogP contribution is 2.19. The second-order valence-electron chi connectivity index (χ2n) is 4.60. The minimum atomic E-state index is 0.781. The van der Waals surface area contributed by atoms with Crippen molar-refractivity contribution in [3.63, 3.8) is 0 Å². The van der Waals surface area contributed by atoms with E-state index >= 15 is 0 Å². The van der Waals surface area contributed by atoms with Crippen molar-refractivity contribution < 1.29 is 0 Å². The summed E-state index contributed by atoms with van der Waals surface area (Å²) in [6, 6.07) is 16.4. The molecule has 0 heterocycles. The van der Waals surface area contributed by atoms with Crippen molar-refractivity contribution in [1.29, 1.82) is 0 Å². The smallest absolute Gasteiger partial charge is 0.0441 e. The molecule has 0 atom stereocenters. The molecular formula is C17H18ClN. The monoisotopic (exact) mass is 271 g/mol. The first-order valence-corrected chi connectivity index (χ1v) is 6.78. The van der Waals surface area contributed by atoms with Gasteiger partial charge in [0.15, 0.2) is 0 Å². The Morgan fingerprint density at radius 3 is 2.58 bits per heavy atom. The molecule has 0 aliphatic heterocycles. The zero-order chi connectivity index (χ0) is 13.7. The summed E-state index contributed by atoms with van der Waals surface area (Å²) in [6.07, 6.45) is 0.986. The van der Waals surface area contributed by atoms with Crippen LogP contribution >= 0.6 is 11.6 Å². The van der Waals surface area contributed by atoms with E-state index in [9.17, 15) is 0 Å². The Balaban J connectivity index is 1.89. The molecule has 2 heteroatoms. The van der Waals surface area contributed by atoms with Crippen LogP contribution in [0.15, 0.2) is 55.1 Å². The van der Waals surface area contributed by atoms with E-state index in [1.54, 1.807) is 0 Å². The third kappa shape index (κ3) is 3.87. The highest BCUT2D eigenvalue weighted by molar-refractivity contribution is 6.31. The molecular weight excluding hydrogens is 254 g/mol. The highest BCUT2D eigenvalue weighted by atomic mass is 35.5. The Labute approximate surface area is 119 Å². The van der Waals surface area contributed by atoms with Gasteiger partial charge in [0.05, 0.1) is 0 Å². The summed E-state index contributed by atoms with van der Waals surface area (Å²) in [7, 11) is 0. The van der Waals surface area contributed by atoms with Gasteiger partial charge in [-0.05, 0) is 36.1 Å². The average molecular weight is 272 g/mol. The quantitative estimate of drug-likeness (QED) is 0.847. The fraction of sp³-hybridized carbons (Fsp3) is 0.176. The van der Waals surface area contributed by atoms with Gasteiger partial charge in [-0.15, -0.1) is 0 Å². The molecule has 2 aromatic carbocycles. The lowest BCUT2D eigenvalue weighted by Crippen LogP contribution is -2.15. The van der Waals surface area contributed by atoms with Crippen LogP contribution < -0.4 is 5.32 Å². The van der Waals surface area contributed by atoms with Crippen molar-refractivity contribution in [2.24, 2.45) is 0 Å². The van der Waals surface area contributed by atoms with E-state index in [1.807, 2.05) is 31.2 Å². The van der Waals surface area contributed by atoms with E-state index in [0.717, 1.165) is 34.8 Å². The molecule has 2 rings (SSSR count). The maximum absolute atomic E-state index is 6.12. The molecule has 2 aromatic rings. The van der Waals surface area contributed by atoms with Crippen molar-refractivity contribution in [3.05, 3.63) is 76.8 Å². The van der Waals surface area contributed by atoms with Crippen LogP contribution in [0.1, 0.15) is 16.7 Å². The molecule has 1 N–H and O–H groups in total. The molecule has 0 unspecified atom stereocenters. The Bertz CT molecular complexity index is 561. The van der Waals surface area contributed by atoms with Crippen molar-refractivity contribution in [3.8, 4) is 0 Å². The van der Waals surface area contributed by atoms with Gasteiger partial charge in [0, 0.05) is 17.3 Å². The fourth-order valence-electron chi connectivity index (χ4n) is 1.89. The van der Waals surface area contributed by atoms with Crippen molar-refractivity contribution in [2.75, 3.05) is 6.54 Å². The molecule has 0 radical (unpaired) electrons. The van der Waals surface area contributed by atoms with Crippen LogP contribution in [0.3, 0.4) is 0 Å². The van der Waals surface area contributed by atoms with E-state index in [2.05, 4.69) is 36.2 Å². The first-order valence-electron chi connectivity index (χ1n) is 6.40. The number of nitrogens with one attached hydrogen (secondary N) is 1. The van der Waals surface area contributed by atoms with Gasteiger partial charge in [-0.2, -0.15) is 0 Å². The maximum Gasteiger partial charge on any atom is 0.0441 e. The number of rotatable bonds is 5. The molecule has 98 valence electrons. The molecule has 1 nitrogen and oxygen atoms in total. The second kappa shape index (κ2) is 6.44. The summed E-state index contributed by atoms with van der Waals surface area (Å²) in [5.41, 5.74) is 4.37. The molecule has 0 amide bonds. The van der Waals surface area contributed by atoms with Gasteiger partial charge in [-0.25, -0.2) is 0 Å². The molecule has 0 saturated carbocycles. The lowest BCUT2D eigenvalue weighted by atomic mass is 10.1. The zero-order valence-electron chi connectivity index (χ0n) is 11.1. The normalized spacial score (nSPS) is 10.2. The summed E-state index contributed by atoms with van der Waals surface area (Å²) < 4.78 is 0. The second-order valence-corrected chi connectivity index (χ2v) is 5.01. The highest BCUT2D eigenvalue weighted by Gasteiger charge is 2.01. The summed E-state index contributed by atoms with van der Waals surface area (Å²) in [6.45, 7) is 6.92. The van der Waals surface area contributed by atoms with Gasteiger partial charge >= 0.3 is 0 Å². The lowest BCUT2D eigenvalue weighted by molar-refractivity contribution is 0.849. The van der Waals surface area contributed by atoms with Crippen molar-refractivity contribution in [2.45, 2.75) is 13.3 Å². The van der Waals surface area contributed by atoms with Crippen LogP contribution in [0.5, 0.6) is 0 Å². The van der Waals surface area contributed by atoms with Crippen molar-refractivity contribution in [1.82, 2.24) is 5.32 Å². The topological polar surface area (TPSA) is 12.0 Å². The van der Waals surface area contributed by atoms with Crippen LogP contribution in [0.4, 0.5) is 0 Å². The summed E-state index contributed by atoms with van der Waals surface area (Å²) in [5.74, 6) is 0. The van der Waals surface area contributed by atoms with Gasteiger partial charge in [0.25, 0.3) is 0 Å². The van der Waals surface area contributed by atoms with Crippen LogP contribution in [-0.4, -0.2) is 6.54 Å². The SMILES string of the molecule is C=C(NCCc1ccccc1)c1ccc(C)c(Cl)c1. The number of hydrogen-bond acceptors (Lipinski definition) is 1.